The highest BCUT2D eigenvalue weighted by Crippen LogP contribution is 2.42. The van der Waals surface area contributed by atoms with Crippen molar-refractivity contribution in [2.75, 3.05) is 7.11 Å². The number of alkyl halides is 1. The summed E-state index contributed by atoms with van der Waals surface area (Å²) in [6, 6.07) is 0. The van der Waals surface area contributed by atoms with Gasteiger partial charge in [-0.1, -0.05) is 46.1 Å². The molecule has 2 N–H and O–H groups in total. The first-order chi connectivity index (χ1) is 13.2. The Morgan fingerprint density at radius 2 is 1.86 bits per heavy atom. The van der Waals surface area contributed by atoms with Crippen molar-refractivity contribution >= 4 is 17.6 Å². The van der Waals surface area contributed by atoms with E-state index in [0.29, 0.717) is 17.3 Å². The van der Waals surface area contributed by atoms with E-state index >= 15 is 0 Å². The van der Waals surface area contributed by atoms with Crippen LogP contribution in [0.15, 0.2) is 23.7 Å². The Kier molecular flexibility index (Phi) is 11.0. The second-order valence-electron chi connectivity index (χ2n) is 8.88. The molecule has 0 bridgehead atoms. The molecule has 5 heteroatoms. The molecule has 3 atom stereocenters. The lowest BCUT2D eigenvalue weighted by Crippen LogP contribution is -2.17. The maximum absolute atomic E-state index is 11.2. The monoisotopic (exact) mass is 414 g/mol. The lowest BCUT2D eigenvalue weighted by molar-refractivity contribution is -0.139. The van der Waals surface area contributed by atoms with Gasteiger partial charge < -0.3 is 14.9 Å². The summed E-state index contributed by atoms with van der Waals surface area (Å²) >= 11 is 6.61. The van der Waals surface area contributed by atoms with Crippen molar-refractivity contribution in [1.29, 1.82) is 0 Å². The van der Waals surface area contributed by atoms with Crippen LogP contribution in [0.2, 0.25) is 0 Å². The van der Waals surface area contributed by atoms with E-state index in [1.165, 1.54) is 44.6 Å². The smallest absolute Gasteiger partial charge is 0.377 e. The van der Waals surface area contributed by atoms with Crippen LogP contribution in [0.5, 0.6) is 0 Å². The highest BCUT2D eigenvalue weighted by atomic mass is 35.5. The highest BCUT2D eigenvalue weighted by molar-refractivity contribution is 6.21. The lowest BCUT2D eigenvalue weighted by Gasteiger charge is -2.27. The summed E-state index contributed by atoms with van der Waals surface area (Å²) in [6.07, 6.45) is 14.7. The molecule has 162 valence electrons. The number of allylic oxidation sites excluding steroid dienone is 2. The summed E-state index contributed by atoms with van der Waals surface area (Å²) in [5, 5.41) is 19.4. The van der Waals surface area contributed by atoms with Crippen LogP contribution in [0.1, 0.15) is 85.0 Å². The molecular weight excluding hydrogens is 376 g/mol. The Morgan fingerprint density at radius 3 is 2.50 bits per heavy atom. The molecular formula is C23H39ClO4. The zero-order valence-electron chi connectivity index (χ0n) is 18.0. The van der Waals surface area contributed by atoms with Gasteiger partial charge in [0.1, 0.15) is 0 Å². The molecule has 0 aromatic carbocycles. The molecule has 1 fully saturated rings. The molecule has 0 radical (unpaired) electrons. The first kappa shape index (κ1) is 24.9. The molecule has 1 aliphatic rings. The SMILES string of the molecule is CCCCC(C)(C)CCC[C@@H]1[C@@H](CCC=CC(O)=C(O)C(=O)OC)CC[C@@H]1Cl. The van der Waals surface area contributed by atoms with Crippen LogP contribution >= 0.6 is 11.6 Å². The fourth-order valence-corrected chi connectivity index (χ4v) is 4.71. The Labute approximate surface area is 176 Å². The van der Waals surface area contributed by atoms with E-state index < -0.39 is 17.5 Å². The number of methoxy groups -OCH3 is 1. The van der Waals surface area contributed by atoms with Crippen molar-refractivity contribution in [3.63, 3.8) is 0 Å². The largest absolute Gasteiger partial charge is 0.504 e. The maximum atomic E-state index is 11.2. The molecule has 4 nitrogen and oxygen atoms in total. The molecule has 1 aliphatic carbocycles. The van der Waals surface area contributed by atoms with Crippen LogP contribution in [-0.2, 0) is 9.53 Å². The Morgan fingerprint density at radius 1 is 1.18 bits per heavy atom. The number of carbonyl (C=O) groups is 1. The number of halogens is 1. The molecule has 0 amide bonds. The second kappa shape index (κ2) is 12.4. The molecule has 1 rings (SSSR count). The van der Waals surface area contributed by atoms with Crippen LogP contribution in [0.25, 0.3) is 0 Å². The van der Waals surface area contributed by atoms with E-state index in [-0.39, 0.29) is 5.38 Å². The molecule has 28 heavy (non-hydrogen) atoms. The van der Waals surface area contributed by atoms with E-state index in [9.17, 15) is 15.0 Å². The molecule has 0 heterocycles. The number of ether oxygens (including phenoxy) is 1. The van der Waals surface area contributed by atoms with E-state index in [0.717, 1.165) is 32.8 Å². The van der Waals surface area contributed by atoms with Crippen molar-refractivity contribution in [2.45, 2.75) is 90.4 Å². The summed E-state index contributed by atoms with van der Waals surface area (Å²) in [7, 11) is 1.16. The molecule has 0 spiro atoms. The Bertz CT molecular complexity index is 539. The molecule has 0 aromatic rings. The first-order valence-corrected chi connectivity index (χ1v) is 11.2. The topological polar surface area (TPSA) is 66.8 Å². The van der Waals surface area contributed by atoms with Crippen LogP contribution in [0.3, 0.4) is 0 Å². The molecule has 0 unspecified atom stereocenters. The van der Waals surface area contributed by atoms with Gasteiger partial charge in [-0.2, -0.15) is 0 Å². The van der Waals surface area contributed by atoms with Gasteiger partial charge in [0.05, 0.1) is 7.11 Å². The summed E-state index contributed by atoms with van der Waals surface area (Å²) in [4.78, 5) is 11.2. The standard InChI is InChI=1S/C23H39ClO4/c1-5-6-15-23(2,3)16-9-11-18-17(13-14-19(18)24)10-7-8-12-20(25)21(26)22(27)28-4/h8,12,17-19,25-26H,5-7,9-11,13-16H2,1-4H3/t17-,18+,19-/m0/s1. The van der Waals surface area contributed by atoms with Gasteiger partial charge in [-0.15, -0.1) is 11.6 Å². The minimum Gasteiger partial charge on any atom is -0.504 e. The van der Waals surface area contributed by atoms with Gasteiger partial charge in [0.2, 0.25) is 5.76 Å². The van der Waals surface area contributed by atoms with Crippen molar-refractivity contribution in [3.8, 4) is 0 Å². The predicted molar refractivity (Wildman–Crippen MR) is 116 cm³/mol. The van der Waals surface area contributed by atoms with Crippen molar-refractivity contribution < 1.29 is 19.7 Å². The number of aliphatic hydroxyl groups is 2. The number of aliphatic hydroxyl groups excluding tert-OH is 2. The summed E-state index contributed by atoms with van der Waals surface area (Å²) < 4.78 is 4.37. The van der Waals surface area contributed by atoms with Gasteiger partial charge in [0, 0.05) is 5.38 Å². The van der Waals surface area contributed by atoms with Gasteiger partial charge in [-0.05, 0) is 68.3 Å². The fraction of sp³-hybridized carbons (Fsp3) is 0.783. The number of hydrogen-bond acceptors (Lipinski definition) is 4. The number of rotatable bonds is 12. The average Bonchev–Trinajstić information content (AvgIpc) is 3.01. The lowest BCUT2D eigenvalue weighted by atomic mass is 9.80. The summed E-state index contributed by atoms with van der Waals surface area (Å²) in [5.74, 6) is -0.996. The molecule has 1 saturated carbocycles. The fourth-order valence-electron chi connectivity index (χ4n) is 4.25. The minimum atomic E-state index is -0.940. The number of hydrogen-bond donors (Lipinski definition) is 2. The number of esters is 1. The van der Waals surface area contributed by atoms with E-state index in [1.54, 1.807) is 6.08 Å². The van der Waals surface area contributed by atoms with Crippen LogP contribution in [-0.4, -0.2) is 28.7 Å². The van der Waals surface area contributed by atoms with Crippen molar-refractivity contribution in [2.24, 2.45) is 17.3 Å². The van der Waals surface area contributed by atoms with Gasteiger partial charge >= 0.3 is 5.97 Å². The third kappa shape index (κ3) is 8.46. The molecule has 0 aliphatic heterocycles. The van der Waals surface area contributed by atoms with E-state index in [2.05, 4.69) is 25.5 Å². The normalized spacial score (nSPS) is 23.8. The third-order valence-corrected chi connectivity index (χ3v) is 6.62. The summed E-state index contributed by atoms with van der Waals surface area (Å²) in [6.45, 7) is 7.00. The zero-order valence-corrected chi connectivity index (χ0v) is 18.8. The maximum Gasteiger partial charge on any atom is 0.377 e. The number of carbonyl (C=O) groups excluding carboxylic acids is 1. The third-order valence-electron chi connectivity index (χ3n) is 6.08. The summed E-state index contributed by atoms with van der Waals surface area (Å²) in [5.41, 5.74) is 0.417. The van der Waals surface area contributed by atoms with E-state index in [1.807, 2.05) is 0 Å². The van der Waals surface area contributed by atoms with Gasteiger partial charge in [-0.25, -0.2) is 4.79 Å². The van der Waals surface area contributed by atoms with Crippen LogP contribution in [0, 0.1) is 17.3 Å². The van der Waals surface area contributed by atoms with Crippen molar-refractivity contribution in [3.05, 3.63) is 23.7 Å². The highest BCUT2D eigenvalue weighted by Gasteiger charge is 2.34. The average molecular weight is 415 g/mol. The van der Waals surface area contributed by atoms with E-state index in [4.69, 9.17) is 11.6 Å². The Hall–Kier alpha value is -1.16. The van der Waals surface area contributed by atoms with Gasteiger partial charge in [0.15, 0.2) is 5.76 Å². The van der Waals surface area contributed by atoms with Gasteiger partial charge in [0.25, 0.3) is 0 Å². The quantitative estimate of drug-likeness (QED) is 0.120. The van der Waals surface area contributed by atoms with Gasteiger partial charge in [-0.3, -0.25) is 0 Å². The second-order valence-corrected chi connectivity index (χ2v) is 9.44. The number of unbranched alkanes of at least 4 members (excludes halogenated alkanes) is 1. The van der Waals surface area contributed by atoms with Crippen molar-refractivity contribution in [1.82, 2.24) is 0 Å². The molecule has 0 aromatic heterocycles. The van der Waals surface area contributed by atoms with Crippen LogP contribution in [0.4, 0.5) is 0 Å². The van der Waals surface area contributed by atoms with Crippen LogP contribution < -0.4 is 0 Å². The molecule has 0 saturated heterocycles. The predicted octanol–water partition coefficient (Wildman–Crippen LogP) is 6.84. The first-order valence-electron chi connectivity index (χ1n) is 10.7. The zero-order chi connectivity index (χ0) is 21.2. The minimum absolute atomic E-state index is 0.268. The Balaban J connectivity index is 2.46.